The standard InChI is InChI=1S/C18H17FN4OS.C2H6/c1-11(12-4-2-5-13(19)10-12)20-18-21-14-6-9-25-16(14)15(22-18)17(24)23-7-3-8-23;1-2/h2,4-6,9-11H,3,7-8H2,1H3,(H,20,21,22);1-2H3/t11-;/m0./s1. The minimum atomic E-state index is -0.283. The molecule has 1 fully saturated rings. The number of nitrogens with zero attached hydrogens (tertiary/aromatic N) is 3. The predicted molar refractivity (Wildman–Crippen MR) is 108 cm³/mol. The molecular weight excluding hydrogens is 363 g/mol. The van der Waals surface area contributed by atoms with Crippen LogP contribution in [0.5, 0.6) is 0 Å². The second kappa shape index (κ2) is 8.43. The third-order valence-electron chi connectivity index (χ3n) is 4.34. The molecule has 2 aromatic heterocycles. The van der Waals surface area contributed by atoms with Gasteiger partial charge in [-0.3, -0.25) is 4.79 Å². The lowest BCUT2D eigenvalue weighted by molar-refractivity contribution is 0.0648. The number of benzene rings is 1. The summed E-state index contributed by atoms with van der Waals surface area (Å²) in [6.07, 6.45) is 1.03. The van der Waals surface area contributed by atoms with E-state index in [4.69, 9.17) is 0 Å². The third kappa shape index (κ3) is 4.08. The lowest BCUT2D eigenvalue weighted by atomic mass is 10.1. The summed E-state index contributed by atoms with van der Waals surface area (Å²) in [5.74, 6) is 0.0445. The number of hydrogen-bond acceptors (Lipinski definition) is 5. The van der Waals surface area contributed by atoms with E-state index in [1.807, 2.05) is 38.3 Å². The number of amides is 1. The number of nitrogens with one attached hydrogen (secondary N) is 1. The normalized spacial score (nSPS) is 14.1. The van der Waals surface area contributed by atoms with Gasteiger partial charge in [-0.15, -0.1) is 11.3 Å². The number of carbonyl (C=O) groups excluding carboxylic acids is 1. The van der Waals surface area contributed by atoms with E-state index in [0.29, 0.717) is 11.6 Å². The predicted octanol–water partition coefficient (Wildman–Crippen LogP) is 4.88. The zero-order valence-electron chi connectivity index (χ0n) is 15.7. The molecule has 0 spiro atoms. The van der Waals surface area contributed by atoms with E-state index in [9.17, 15) is 9.18 Å². The van der Waals surface area contributed by atoms with Gasteiger partial charge >= 0.3 is 0 Å². The Hall–Kier alpha value is -2.54. The maximum Gasteiger partial charge on any atom is 0.274 e. The molecule has 4 rings (SSSR count). The van der Waals surface area contributed by atoms with Gasteiger partial charge in [-0.1, -0.05) is 26.0 Å². The number of likely N-dealkylation sites (tertiary alicyclic amines) is 1. The van der Waals surface area contributed by atoms with E-state index in [1.54, 1.807) is 11.0 Å². The van der Waals surface area contributed by atoms with E-state index in [1.165, 1.54) is 23.5 Å². The maximum atomic E-state index is 13.4. The summed E-state index contributed by atoms with van der Waals surface area (Å²) in [6.45, 7) is 7.46. The van der Waals surface area contributed by atoms with Crippen molar-refractivity contribution in [3.8, 4) is 0 Å². The number of aromatic nitrogens is 2. The fourth-order valence-electron chi connectivity index (χ4n) is 2.79. The van der Waals surface area contributed by atoms with Crippen LogP contribution in [0.25, 0.3) is 10.2 Å². The zero-order chi connectivity index (χ0) is 19.4. The largest absolute Gasteiger partial charge is 0.348 e. The Morgan fingerprint density at radius 1 is 1.26 bits per heavy atom. The quantitative estimate of drug-likeness (QED) is 0.695. The van der Waals surface area contributed by atoms with E-state index in [0.717, 1.165) is 35.3 Å². The molecule has 7 heteroatoms. The fourth-order valence-corrected chi connectivity index (χ4v) is 3.61. The van der Waals surface area contributed by atoms with Gasteiger partial charge in [-0.05, 0) is 42.5 Å². The number of fused-ring (bicyclic) bond motifs is 1. The molecule has 0 unspecified atom stereocenters. The molecule has 1 aliphatic rings. The van der Waals surface area contributed by atoms with Crippen LogP contribution in [0.4, 0.5) is 10.3 Å². The molecule has 142 valence electrons. The summed E-state index contributed by atoms with van der Waals surface area (Å²) in [6, 6.07) is 8.10. The van der Waals surface area contributed by atoms with Crippen LogP contribution in [-0.2, 0) is 0 Å². The van der Waals surface area contributed by atoms with Gasteiger partial charge in [-0.25, -0.2) is 14.4 Å². The first-order valence-electron chi connectivity index (χ1n) is 9.18. The number of anilines is 1. The van der Waals surface area contributed by atoms with Gasteiger partial charge in [0.2, 0.25) is 5.95 Å². The molecule has 1 saturated heterocycles. The smallest absolute Gasteiger partial charge is 0.274 e. The monoisotopic (exact) mass is 386 g/mol. The molecule has 1 N–H and O–H groups in total. The van der Waals surface area contributed by atoms with Crippen LogP contribution >= 0.6 is 11.3 Å². The summed E-state index contributed by atoms with van der Waals surface area (Å²) in [7, 11) is 0. The highest BCUT2D eigenvalue weighted by atomic mass is 32.1. The average Bonchev–Trinajstić information content (AvgIpc) is 3.09. The van der Waals surface area contributed by atoms with Crippen LogP contribution in [-0.4, -0.2) is 33.9 Å². The Balaban J connectivity index is 0.00000102. The molecule has 1 amide bonds. The summed E-state index contributed by atoms with van der Waals surface area (Å²) >= 11 is 1.47. The number of hydrogen-bond donors (Lipinski definition) is 1. The topological polar surface area (TPSA) is 58.1 Å². The van der Waals surface area contributed by atoms with Crippen LogP contribution in [0.15, 0.2) is 35.7 Å². The first kappa shape index (κ1) is 19.2. The van der Waals surface area contributed by atoms with E-state index >= 15 is 0 Å². The van der Waals surface area contributed by atoms with Crippen LogP contribution < -0.4 is 5.32 Å². The number of carbonyl (C=O) groups is 1. The van der Waals surface area contributed by atoms with Crippen molar-refractivity contribution in [1.82, 2.24) is 14.9 Å². The van der Waals surface area contributed by atoms with Crippen molar-refractivity contribution >= 4 is 33.4 Å². The third-order valence-corrected chi connectivity index (χ3v) is 5.25. The van der Waals surface area contributed by atoms with E-state index < -0.39 is 0 Å². The van der Waals surface area contributed by atoms with Crippen molar-refractivity contribution in [2.24, 2.45) is 0 Å². The molecule has 0 aliphatic carbocycles. The van der Waals surface area contributed by atoms with E-state index in [-0.39, 0.29) is 17.8 Å². The minimum Gasteiger partial charge on any atom is -0.348 e. The average molecular weight is 386 g/mol. The molecule has 1 aliphatic heterocycles. The van der Waals surface area contributed by atoms with E-state index in [2.05, 4.69) is 15.3 Å². The highest BCUT2D eigenvalue weighted by Gasteiger charge is 2.26. The van der Waals surface area contributed by atoms with Crippen molar-refractivity contribution in [2.45, 2.75) is 33.2 Å². The summed E-state index contributed by atoms with van der Waals surface area (Å²) in [5.41, 5.74) is 1.98. The fraction of sp³-hybridized carbons (Fsp3) is 0.350. The van der Waals surface area contributed by atoms with Crippen LogP contribution in [0.1, 0.15) is 49.3 Å². The number of rotatable bonds is 4. The Labute approximate surface area is 162 Å². The van der Waals surface area contributed by atoms with Crippen molar-refractivity contribution < 1.29 is 9.18 Å². The lowest BCUT2D eigenvalue weighted by Crippen LogP contribution is -2.42. The molecule has 3 aromatic rings. The van der Waals surface area contributed by atoms with Gasteiger partial charge in [0.05, 0.1) is 16.3 Å². The second-order valence-electron chi connectivity index (χ2n) is 6.10. The second-order valence-corrected chi connectivity index (χ2v) is 7.01. The molecule has 0 saturated carbocycles. The van der Waals surface area contributed by atoms with Gasteiger partial charge in [-0.2, -0.15) is 0 Å². The number of thiophene rings is 1. The van der Waals surface area contributed by atoms with Crippen LogP contribution in [0.2, 0.25) is 0 Å². The minimum absolute atomic E-state index is 0.0532. The summed E-state index contributed by atoms with van der Waals surface area (Å²) < 4.78 is 14.2. The molecule has 3 heterocycles. The molecule has 0 radical (unpaired) electrons. The van der Waals surface area contributed by atoms with Gasteiger partial charge in [0, 0.05) is 13.1 Å². The molecule has 1 atom stereocenters. The molecule has 5 nitrogen and oxygen atoms in total. The van der Waals surface area contributed by atoms with Gasteiger partial charge in [0.15, 0.2) is 5.69 Å². The Bertz CT molecular complexity index is 939. The Morgan fingerprint density at radius 3 is 2.70 bits per heavy atom. The summed E-state index contributed by atoms with van der Waals surface area (Å²) in [4.78, 5) is 23.4. The molecule has 27 heavy (non-hydrogen) atoms. The van der Waals surface area contributed by atoms with Crippen molar-refractivity contribution in [3.05, 3.63) is 52.8 Å². The molecule has 1 aromatic carbocycles. The first-order chi connectivity index (χ1) is 13.1. The lowest BCUT2D eigenvalue weighted by Gasteiger charge is -2.30. The van der Waals surface area contributed by atoms with Gasteiger partial charge in [0.25, 0.3) is 5.91 Å². The van der Waals surface area contributed by atoms with Gasteiger partial charge in [0.1, 0.15) is 5.82 Å². The van der Waals surface area contributed by atoms with Gasteiger partial charge < -0.3 is 10.2 Å². The Kier molecular flexibility index (Phi) is 6.01. The highest BCUT2D eigenvalue weighted by molar-refractivity contribution is 7.17. The van der Waals surface area contributed by atoms with Crippen LogP contribution in [0, 0.1) is 5.82 Å². The van der Waals surface area contributed by atoms with Crippen LogP contribution in [0.3, 0.4) is 0 Å². The maximum absolute atomic E-state index is 13.4. The number of halogens is 1. The van der Waals surface area contributed by atoms with Crippen molar-refractivity contribution in [2.75, 3.05) is 18.4 Å². The molecular formula is C20H23FN4OS. The Morgan fingerprint density at radius 2 is 2.04 bits per heavy atom. The SMILES string of the molecule is CC.C[C@H](Nc1nc(C(=O)N2CCC2)c2sccc2n1)c1cccc(F)c1. The zero-order valence-corrected chi connectivity index (χ0v) is 16.5. The molecule has 0 bridgehead atoms. The van der Waals surface area contributed by atoms with Crippen molar-refractivity contribution in [3.63, 3.8) is 0 Å². The summed E-state index contributed by atoms with van der Waals surface area (Å²) in [5, 5.41) is 5.09. The van der Waals surface area contributed by atoms with Crippen molar-refractivity contribution in [1.29, 1.82) is 0 Å². The first-order valence-corrected chi connectivity index (χ1v) is 10.1. The highest BCUT2D eigenvalue weighted by Crippen LogP contribution is 2.27.